The molecule has 1 N–H and O–H groups in total. The standard InChI is InChI=1S/C8H8F2N2O/c1-2-7(12-13)8-6(10)3-5(9)4-11-8/h3-4,13H,2H2,1H3. The zero-order valence-electron chi connectivity index (χ0n) is 6.96. The Morgan fingerprint density at radius 2 is 2.31 bits per heavy atom. The van der Waals surface area contributed by atoms with E-state index >= 15 is 0 Å². The van der Waals surface area contributed by atoms with Crippen molar-refractivity contribution in [2.75, 3.05) is 0 Å². The van der Waals surface area contributed by atoms with Crippen LogP contribution in [0.1, 0.15) is 19.0 Å². The molecule has 1 heterocycles. The molecule has 70 valence electrons. The van der Waals surface area contributed by atoms with Crippen molar-refractivity contribution in [3.63, 3.8) is 0 Å². The van der Waals surface area contributed by atoms with Crippen LogP contribution in [0, 0.1) is 11.6 Å². The first-order valence-corrected chi connectivity index (χ1v) is 3.71. The highest BCUT2D eigenvalue weighted by molar-refractivity contribution is 5.98. The zero-order valence-corrected chi connectivity index (χ0v) is 6.96. The molecule has 13 heavy (non-hydrogen) atoms. The maximum Gasteiger partial charge on any atom is 0.153 e. The van der Waals surface area contributed by atoms with Gasteiger partial charge in [-0.2, -0.15) is 0 Å². The summed E-state index contributed by atoms with van der Waals surface area (Å²) in [6.45, 7) is 1.68. The van der Waals surface area contributed by atoms with Crippen LogP contribution >= 0.6 is 0 Å². The van der Waals surface area contributed by atoms with Gasteiger partial charge in [-0.3, -0.25) is 0 Å². The number of oxime groups is 1. The molecule has 0 saturated heterocycles. The van der Waals surface area contributed by atoms with Crippen LogP contribution in [0.15, 0.2) is 17.4 Å². The third kappa shape index (κ3) is 1.99. The molecule has 0 aliphatic carbocycles. The van der Waals surface area contributed by atoms with E-state index in [2.05, 4.69) is 10.1 Å². The summed E-state index contributed by atoms with van der Waals surface area (Å²) >= 11 is 0. The van der Waals surface area contributed by atoms with Gasteiger partial charge in [-0.15, -0.1) is 0 Å². The van der Waals surface area contributed by atoms with E-state index in [1.54, 1.807) is 6.92 Å². The van der Waals surface area contributed by atoms with Crippen molar-refractivity contribution in [3.05, 3.63) is 29.6 Å². The molecule has 1 aromatic rings. The fraction of sp³-hybridized carbons (Fsp3) is 0.250. The summed E-state index contributed by atoms with van der Waals surface area (Å²) in [6, 6.07) is 0.698. The summed E-state index contributed by atoms with van der Waals surface area (Å²) in [5.74, 6) is -1.58. The number of halogens is 2. The quantitative estimate of drug-likeness (QED) is 0.436. The van der Waals surface area contributed by atoms with Crippen LogP contribution in [0.3, 0.4) is 0 Å². The Morgan fingerprint density at radius 1 is 1.62 bits per heavy atom. The second kappa shape index (κ2) is 3.93. The van der Waals surface area contributed by atoms with Crippen molar-refractivity contribution < 1.29 is 14.0 Å². The summed E-state index contributed by atoms with van der Waals surface area (Å²) in [5, 5.41) is 11.3. The molecular weight excluding hydrogens is 178 g/mol. The number of aromatic nitrogens is 1. The van der Waals surface area contributed by atoms with E-state index in [1.165, 1.54) is 0 Å². The van der Waals surface area contributed by atoms with Gasteiger partial charge in [0.1, 0.15) is 17.2 Å². The number of pyridine rings is 1. The topological polar surface area (TPSA) is 45.5 Å². The van der Waals surface area contributed by atoms with Crippen LogP contribution in [-0.2, 0) is 0 Å². The van der Waals surface area contributed by atoms with Gasteiger partial charge in [-0.05, 0) is 6.42 Å². The highest BCUT2D eigenvalue weighted by Gasteiger charge is 2.10. The minimum atomic E-state index is -0.824. The normalized spacial score (nSPS) is 11.8. The lowest BCUT2D eigenvalue weighted by Crippen LogP contribution is -2.06. The molecule has 1 aromatic heterocycles. The van der Waals surface area contributed by atoms with Crippen LogP contribution < -0.4 is 0 Å². The van der Waals surface area contributed by atoms with Crippen LogP contribution in [0.25, 0.3) is 0 Å². The van der Waals surface area contributed by atoms with Gasteiger partial charge in [0.15, 0.2) is 5.82 Å². The van der Waals surface area contributed by atoms with Crippen molar-refractivity contribution in [1.29, 1.82) is 0 Å². The van der Waals surface area contributed by atoms with Crippen molar-refractivity contribution in [2.45, 2.75) is 13.3 Å². The first-order chi connectivity index (χ1) is 6.19. The van der Waals surface area contributed by atoms with Gasteiger partial charge in [0, 0.05) is 6.07 Å². The summed E-state index contributed by atoms with van der Waals surface area (Å²) in [4.78, 5) is 3.48. The molecule has 0 spiro atoms. The van der Waals surface area contributed by atoms with Crippen LogP contribution in [0.2, 0.25) is 0 Å². The Balaban J connectivity index is 3.15. The Morgan fingerprint density at radius 3 is 2.77 bits per heavy atom. The summed E-state index contributed by atoms with van der Waals surface area (Å²) in [6.07, 6.45) is 1.20. The van der Waals surface area contributed by atoms with Gasteiger partial charge >= 0.3 is 0 Å². The Kier molecular flexibility index (Phi) is 2.89. The van der Waals surface area contributed by atoms with Gasteiger partial charge in [0.05, 0.1) is 6.20 Å². The fourth-order valence-electron chi connectivity index (χ4n) is 0.912. The van der Waals surface area contributed by atoms with Gasteiger partial charge in [-0.25, -0.2) is 13.8 Å². The molecule has 1 rings (SSSR count). The zero-order chi connectivity index (χ0) is 9.84. The van der Waals surface area contributed by atoms with Crippen molar-refractivity contribution >= 4 is 5.71 Å². The smallest absolute Gasteiger partial charge is 0.153 e. The number of rotatable bonds is 2. The molecule has 0 radical (unpaired) electrons. The number of hydrogen-bond acceptors (Lipinski definition) is 3. The van der Waals surface area contributed by atoms with E-state index in [1.807, 2.05) is 0 Å². The third-order valence-electron chi connectivity index (χ3n) is 1.54. The largest absolute Gasteiger partial charge is 0.411 e. The lowest BCUT2D eigenvalue weighted by Gasteiger charge is -2.01. The number of nitrogens with zero attached hydrogens (tertiary/aromatic N) is 2. The lowest BCUT2D eigenvalue weighted by atomic mass is 10.2. The Labute approximate surface area is 73.7 Å². The minimum absolute atomic E-state index is 0.0949. The highest BCUT2D eigenvalue weighted by Crippen LogP contribution is 2.08. The monoisotopic (exact) mass is 186 g/mol. The maximum atomic E-state index is 13.0. The molecule has 0 amide bonds. The van der Waals surface area contributed by atoms with Crippen LogP contribution in [-0.4, -0.2) is 15.9 Å². The van der Waals surface area contributed by atoms with Crippen LogP contribution in [0.4, 0.5) is 8.78 Å². The van der Waals surface area contributed by atoms with Crippen molar-refractivity contribution in [1.82, 2.24) is 4.98 Å². The van der Waals surface area contributed by atoms with E-state index in [4.69, 9.17) is 5.21 Å². The molecule has 0 aliphatic heterocycles. The SMILES string of the molecule is CCC(=NO)c1ncc(F)cc1F. The van der Waals surface area contributed by atoms with Gasteiger partial charge in [-0.1, -0.05) is 12.1 Å². The van der Waals surface area contributed by atoms with E-state index < -0.39 is 11.6 Å². The average molecular weight is 186 g/mol. The second-order valence-electron chi connectivity index (χ2n) is 2.38. The summed E-state index contributed by atoms with van der Waals surface area (Å²) in [7, 11) is 0. The fourth-order valence-corrected chi connectivity index (χ4v) is 0.912. The minimum Gasteiger partial charge on any atom is -0.411 e. The molecule has 0 bridgehead atoms. The highest BCUT2D eigenvalue weighted by atomic mass is 19.1. The molecule has 5 heteroatoms. The van der Waals surface area contributed by atoms with Crippen molar-refractivity contribution in [2.24, 2.45) is 5.16 Å². The van der Waals surface area contributed by atoms with Crippen LogP contribution in [0.5, 0.6) is 0 Å². The molecule has 0 atom stereocenters. The predicted molar refractivity (Wildman–Crippen MR) is 42.8 cm³/mol. The Hall–Kier alpha value is -1.52. The van der Waals surface area contributed by atoms with Gasteiger partial charge < -0.3 is 5.21 Å². The Bertz CT molecular complexity index is 339. The molecule has 3 nitrogen and oxygen atoms in total. The molecule has 0 saturated carbocycles. The third-order valence-corrected chi connectivity index (χ3v) is 1.54. The lowest BCUT2D eigenvalue weighted by molar-refractivity contribution is 0.317. The molecular formula is C8H8F2N2O. The maximum absolute atomic E-state index is 13.0. The van der Waals surface area contributed by atoms with Gasteiger partial charge in [0.2, 0.25) is 0 Å². The predicted octanol–water partition coefficient (Wildman–Crippen LogP) is 1.95. The molecule has 0 unspecified atom stereocenters. The van der Waals surface area contributed by atoms with E-state index in [-0.39, 0.29) is 11.4 Å². The first-order valence-electron chi connectivity index (χ1n) is 3.71. The van der Waals surface area contributed by atoms with E-state index in [0.29, 0.717) is 12.5 Å². The molecule has 0 aromatic carbocycles. The van der Waals surface area contributed by atoms with E-state index in [9.17, 15) is 8.78 Å². The second-order valence-corrected chi connectivity index (χ2v) is 2.38. The van der Waals surface area contributed by atoms with E-state index in [0.717, 1.165) is 6.20 Å². The summed E-state index contributed by atoms with van der Waals surface area (Å²) in [5.41, 5.74) is -0.0242. The summed E-state index contributed by atoms with van der Waals surface area (Å²) < 4.78 is 25.4. The average Bonchev–Trinajstić information content (AvgIpc) is 2.10. The van der Waals surface area contributed by atoms with Gasteiger partial charge in [0.25, 0.3) is 0 Å². The van der Waals surface area contributed by atoms with Crippen molar-refractivity contribution in [3.8, 4) is 0 Å². The molecule has 0 aliphatic rings. The first kappa shape index (κ1) is 9.57. The number of hydrogen-bond donors (Lipinski definition) is 1. The molecule has 0 fully saturated rings.